The molecule has 1 aromatic carbocycles. The van der Waals surface area contributed by atoms with E-state index in [0.717, 1.165) is 31.2 Å². The van der Waals surface area contributed by atoms with Gasteiger partial charge in [-0.3, -0.25) is 4.79 Å². The summed E-state index contributed by atoms with van der Waals surface area (Å²) in [7, 11) is 0. The number of carbonyl (C=O) groups excluding carboxylic acids is 1. The van der Waals surface area contributed by atoms with Crippen molar-refractivity contribution in [3.8, 4) is 6.07 Å². The van der Waals surface area contributed by atoms with Gasteiger partial charge in [-0.05, 0) is 55.7 Å². The molecule has 3 fully saturated rings. The lowest BCUT2D eigenvalue weighted by Crippen LogP contribution is -2.37. The molecule has 1 saturated heterocycles. The maximum Gasteiger partial charge on any atom is 0.253 e. The van der Waals surface area contributed by atoms with Crippen LogP contribution in [-0.2, 0) is 5.41 Å². The zero-order valence-electron chi connectivity index (χ0n) is 12.6. The van der Waals surface area contributed by atoms with E-state index in [1.807, 2.05) is 24.3 Å². The first kappa shape index (κ1) is 13.8. The summed E-state index contributed by atoms with van der Waals surface area (Å²) in [5.74, 6) is 0.378. The lowest BCUT2D eigenvalue weighted by Gasteiger charge is -2.23. The Hall–Kier alpha value is -1.86. The molecule has 114 valence electrons. The Kier molecular flexibility index (Phi) is 2.86. The molecule has 0 spiro atoms. The second-order valence-electron chi connectivity index (χ2n) is 7.13. The molecule has 4 heteroatoms. The normalized spacial score (nSPS) is 29.2. The van der Waals surface area contributed by atoms with Crippen molar-refractivity contribution in [1.29, 1.82) is 5.26 Å². The maximum absolute atomic E-state index is 12.6. The fourth-order valence-corrected chi connectivity index (χ4v) is 3.65. The highest BCUT2D eigenvalue weighted by Crippen LogP contribution is 2.47. The van der Waals surface area contributed by atoms with Crippen LogP contribution in [0.15, 0.2) is 24.3 Å². The van der Waals surface area contributed by atoms with Gasteiger partial charge in [0.1, 0.15) is 0 Å². The number of carbonyl (C=O) groups is 1. The quantitative estimate of drug-likeness (QED) is 0.930. The maximum atomic E-state index is 12.6. The Labute approximate surface area is 130 Å². The van der Waals surface area contributed by atoms with Crippen LogP contribution in [0, 0.1) is 17.2 Å². The summed E-state index contributed by atoms with van der Waals surface area (Å²) in [4.78, 5) is 14.3. The van der Waals surface area contributed by atoms with Gasteiger partial charge in [0, 0.05) is 12.1 Å². The van der Waals surface area contributed by atoms with Crippen LogP contribution < -0.4 is 0 Å². The number of likely N-dealkylation sites (tertiary alicyclic amines) is 1. The Morgan fingerprint density at radius 2 is 1.91 bits per heavy atom. The smallest absolute Gasteiger partial charge is 0.253 e. The number of nitriles is 1. The molecule has 1 heterocycles. The molecule has 1 aromatic rings. The van der Waals surface area contributed by atoms with Crippen molar-refractivity contribution in [1.82, 2.24) is 4.90 Å². The highest BCUT2D eigenvalue weighted by molar-refractivity contribution is 5.94. The number of β-amino-alcohol motifs (C(OH)–C–C–N with tert-alkyl or cyclic N) is 1. The minimum atomic E-state index is -0.658. The van der Waals surface area contributed by atoms with E-state index in [2.05, 4.69) is 6.07 Å². The average Bonchev–Trinajstić information content (AvgIpc) is 3.45. The average molecular weight is 296 g/mol. The molecule has 22 heavy (non-hydrogen) atoms. The predicted molar refractivity (Wildman–Crippen MR) is 81.2 cm³/mol. The Bertz CT molecular complexity index is 653. The van der Waals surface area contributed by atoms with Crippen molar-refractivity contribution in [3.63, 3.8) is 0 Å². The van der Waals surface area contributed by atoms with Gasteiger partial charge in [0.2, 0.25) is 0 Å². The number of hydrogen-bond acceptors (Lipinski definition) is 3. The molecule has 3 aliphatic rings. The SMILES string of the molecule is N#CC1(c2ccc(C(=O)N3CCC(O)(C4CC4)C3)cc2)CC1. The molecule has 1 aliphatic heterocycles. The minimum absolute atomic E-state index is 0.00932. The third-order valence-electron chi connectivity index (χ3n) is 5.55. The minimum Gasteiger partial charge on any atom is -0.388 e. The monoisotopic (exact) mass is 296 g/mol. The summed E-state index contributed by atoms with van der Waals surface area (Å²) in [5, 5.41) is 19.8. The zero-order valence-corrected chi connectivity index (χ0v) is 12.6. The van der Waals surface area contributed by atoms with Gasteiger partial charge in [0.05, 0.1) is 23.6 Å². The second kappa shape index (κ2) is 4.57. The van der Waals surface area contributed by atoms with Crippen molar-refractivity contribution < 1.29 is 9.90 Å². The standard InChI is InChI=1S/C18H20N2O2/c19-11-17(7-8-17)14-3-1-13(2-4-14)16(21)20-10-9-18(22,12-20)15-5-6-15/h1-4,15,22H,5-10,12H2. The van der Waals surface area contributed by atoms with E-state index in [9.17, 15) is 15.2 Å². The highest BCUT2D eigenvalue weighted by Gasteiger charge is 2.49. The lowest BCUT2D eigenvalue weighted by molar-refractivity contribution is 0.0257. The molecule has 0 radical (unpaired) electrons. The molecule has 2 aliphatic carbocycles. The number of nitrogens with zero attached hydrogens (tertiary/aromatic N) is 2. The van der Waals surface area contributed by atoms with Crippen LogP contribution in [0.3, 0.4) is 0 Å². The first-order valence-corrected chi connectivity index (χ1v) is 8.10. The summed E-state index contributed by atoms with van der Waals surface area (Å²) in [6, 6.07) is 9.84. The van der Waals surface area contributed by atoms with Gasteiger partial charge in [-0.2, -0.15) is 5.26 Å². The lowest BCUT2D eigenvalue weighted by atomic mass is 9.96. The van der Waals surface area contributed by atoms with E-state index >= 15 is 0 Å². The summed E-state index contributed by atoms with van der Waals surface area (Å²) >= 11 is 0. The van der Waals surface area contributed by atoms with Gasteiger partial charge in [-0.1, -0.05) is 12.1 Å². The molecular formula is C18H20N2O2. The van der Waals surface area contributed by atoms with E-state index in [0.29, 0.717) is 31.0 Å². The first-order chi connectivity index (χ1) is 10.6. The van der Waals surface area contributed by atoms with Gasteiger partial charge in [0.25, 0.3) is 5.91 Å². The molecular weight excluding hydrogens is 276 g/mol. The van der Waals surface area contributed by atoms with E-state index in [1.54, 1.807) is 4.90 Å². The molecule has 0 aromatic heterocycles. The third kappa shape index (κ3) is 2.12. The van der Waals surface area contributed by atoms with Gasteiger partial charge in [0.15, 0.2) is 0 Å². The number of benzene rings is 1. The van der Waals surface area contributed by atoms with Gasteiger partial charge >= 0.3 is 0 Å². The summed E-state index contributed by atoms with van der Waals surface area (Å²) in [5.41, 5.74) is 0.704. The number of amides is 1. The molecule has 4 rings (SSSR count). The van der Waals surface area contributed by atoms with Crippen molar-refractivity contribution in [2.45, 2.75) is 43.1 Å². The van der Waals surface area contributed by atoms with Crippen LogP contribution in [0.2, 0.25) is 0 Å². The van der Waals surface area contributed by atoms with Crippen molar-refractivity contribution in [2.24, 2.45) is 5.92 Å². The predicted octanol–water partition coefficient (Wildman–Crippen LogP) is 2.23. The van der Waals surface area contributed by atoms with E-state index in [4.69, 9.17) is 0 Å². The molecule has 1 atom stereocenters. The molecule has 4 nitrogen and oxygen atoms in total. The van der Waals surface area contributed by atoms with E-state index in [-0.39, 0.29) is 11.3 Å². The molecule has 0 bridgehead atoms. The fraction of sp³-hybridized carbons (Fsp3) is 0.556. The first-order valence-electron chi connectivity index (χ1n) is 8.10. The molecule has 1 unspecified atom stereocenters. The second-order valence-corrected chi connectivity index (χ2v) is 7.13. The van der Waals surface area contributed by atoms with E-state index in [1.165, 1.54) is 0 Å². The third-order valence-corrected chi connectivity index (χ3v) is 5.55. The Balaban J connectivity index is 1.48. The number of rotatable bonds is 3. The molecule has 1 N–H and O–H groups in total. The van der Waals surface area contributed by atoms with Crippen LogP contribution in [-0.4, -0.2) is 34.6 Å². The van der Waals surface area contributed by atoms with Crippen molar-refractivity contribution >= 4 is 5.91 Å². The van der Waals surface area contributed by atoms with Gasteiger partial charge < -0.3 is 10.0 Å². The summed E-state index contributed by atoms with van der Waals surface area (Å²) < 4.78 is 0. The van der Waals surface area contributed by atoms with Crippen LogP contribution in [0.25, 0.3) is 0 Å². The summed E-state index contributed by atoms with van der Waals surface area (Å²) in [6.45, 7) is 1.09. The van der Waals surface area contributed by atoms with E-state index < -0.39 is 5.60 Å². The van der Waals surface area contributed by atoms with Crippen molar-refractivity contribution in [3.05, 3.63) is 35.4 Å². The topological polar surface area (TPSA) is 64.3 Å². The van der Waals surface area contributed by atoms with Gasteiger partial charge in [-0.15, -0.1) is 0 Å². The van der Waals surface area contributed by atoms with Crippen LogP contribution in [0.1, 0.15) is 48.0 Å². The van der Waals surface area contributed by atoms with Crippen molar-refractivity contribution in [2.75, 3.05) is 13.1 Å². The number of hydrogen-bond donors (Lipinski definition) is 1. The fourth-order valence-electron chi connectivity index (χ4n) is 3.65. The largest absolute Gasteiger partial charge is 0.388 e. The molecule has 1 amide bonds. The highest BCUT2D eigenvalue weighted by atomic mass is 16.3. The zero-order chi connectivity index (χ0) is 15.4. The van der Waals surface area contributed by atoms with Crippen LogP contribution in [0.5, 0.6) is 0 Å². The Morgan fingerprint density at radius 1 is 1.23 bits per heavy atom. The molecule has 2 saturated carbocycles. The van der Waals surface area contributed by atoms with Gasteiger partial charge in [-0.25, -0.2) is 0 Å². The summed E-state index contributed by atoms with van der Waals surface area (Å²) in [6.07, 6.45) is 4.70. The van der Waals surface area contributed by atoms with Crippen LogP contribution >= 0.6 is 0 Å². The number of aliphatic hydroxyl groups is 1. The van der Waals surface area contributed by atoms with Crippen LogP contribution in [0.4, 0.5) is 0 Å². The Morgan fingerprint density at radius 3 is 2.45 bits per heavy atom.